The number of hydrogen-bond acceptors (Lipinski definition) is 5. The molecule has 1 fully saturated rings. The van der Waals surface area contributed by atoms with E-state index in [-0.39, 0.29) is 10.8 Å². The molecule has 0 amide bonds. The maximum Gasteiger partial charge on any atom is 0.243 e. The number of hydrogen-bond donors (Lipinski definition) is 0. The van der Waals surface area contributed by atoms with E-state index < -0.39 is 10.0 Å². The summed E-state index contributed by atoms with van der Waals surface area (Å²) < 4.78 is 32.6. The van der Waals surface area contributed by atoms with Crippen LogP contribution in [0.25, 0.3) is 0 Å². The average Bonchev–Trinajstić information content (AvgIpc) is 3.02. The lowest BCUT2D eigenvalue weighted by atomic mass is 9.80. The fraction of sp³-hybridized carbons (Fsp3) is 0.579. The van der Waals surface area contributed by atoms with Crippen LogP contribution in [0, 0.1) is 6.92 Å². The lowest BCUT2D eigenvalue weighted by molar-refractivity contribution is 0.233. The summed E-state index contributed by atoms with van der Waals surface area (Å²) in [7, 11) is -3.48. The van der Waals surface area contributed by atoms with Gasteiger partial charge in [0.15, 0.2) is 5.82 Å². The number of benzene rings is 1. The molecule has 0 unspecified atom stereocenters. The summed E-state index contributed by atoms with van der Waals surface area (Å²) >= 11 is 0. The lowest BCUT2D eigenvalue weighted by Gasteiger charge is -2.36. The maximum absolute atomic E-state index is 13.0. The van der Waals surface area contributed by atoms with Gasteiger partial charge in [-0.15, -0.1) is 0 Å². The highest BCUT2D eigenvalue weighted by Crippen LogP contribution is 2.35. The first-order chi connectivity index (χ1) is 12.0. The van der Waals surface area contributed by atoms with Crippen molar-refractivity contribution in [3.63, 3.8) is 0 Å². The van der Waals surface area contributed by atoms with E-state index >= 15 is 0 Å². The predicted octanol–water partition coefficient (Wildman–Crippen LogP) is 3.42. The van der Waals surface area contributed by atoms with Crippen molar-refractivity contribution < 1.29 is 12.9 Å². The van der Waals surface area contributed by atoms with Gasteiger partial charge in [0.25, 0.3) is 0 Å². The van der Waals surface area contributed by atoms with Crippen molar-refractivity contribution in [1.82, 2.24) is 14.4 Å². The standard InChI is InChI=1S/C19H27N3O3S/c1-14-20-17(21-25-14)19(5)10-12-22(13-11-19)26(23,24)16-8-6-15(7-9-16)18(2,3)4/h6-9H,10-13H2,1-5H3. The first-order valence-electron chi connectivity index (χ1n) is 8.94. The molecular weight excluding hydrogens is 350 g/mol. The van der Waals surface area contributed by atoms with Gasteiger partial charge in [0.1, 0.15) is 0 Å². The minimum absolute atomic E-state index is 0.00203. The van der Waals surface area contributed by atoms with Crippen LogP contribution < -0.4 is 0 Å². The van der Waals surface area contributed by atoms with Crippen molar-refractivity contribution in [2.24, 2.45) is 0 Å². The van der Waals surface area contributed by atoms with Crippen molar-refractivity contribution in [3.05, 3.63) is 41.5 Å². The van der Waals surface area contributed by atoms with Gasteiger partial charge in [0.05, 0.1) is 4.90 Å². The van der Waals surface area contributed by atoms with E-state index in [1.807, 2.05) is 12.1 Å². The van der Waals surface area contributed by atoms with E-state index in [0.717, 1.165) is 5.56 Å². The third-order valence-corrected chi connectivity index (χ3v) is 7.16. The summed E-state index contributed by atoms with van der Waals surface area (Å²) in [5, 5.41) is 4.04. The second-order valence-corrected chi connectivity index (χ2v) is 10.3. The van der Waals surface area contributed by atoms with Crippen LogP contribution in [0.1, 0.15) is 57.8 Å². The molecule has 1 aromatic carbocycles. The van der Waals surface area contributed by atoms with Crippen molar-refractivity contribution in [2.45, 2.75) is 63.2 Å². The number of piperidine rings is 1. The molecule has 0 saturated carbocycles. The van der Waals surface area contributed by atoms with Crippen molar-refractivity contribution in [1.29, 1.82) is 0 Å². The summed E-state index contributed by atoms with van der Waals surface area (Å²) in [4.78, 5) is 4.69. The summed E-state index contributed by atoms with van der Waals surface area (Å²) in [6.07, 6.45) is 1.34. The molecule has 142 valence electrons. The minimum Gasteiger partial charge on any atom is -0.340 e. The zero-order valence-corrected chi connectivity index (χ0v) is 16.9. The summed E-state index contributed by atoms with van der Waals surface area (Å²) in [5.74, 6) is 1.21. The molecule has 7 heteroatoms. The molecule has 1 aromatic heterocycles. The molecule has 26 heavy (non-hydrogen) atoms. The van der Waals surface area contributed by atoms with Crippen molar-refractivity contribution >= 4 is 10.0 Å². The quantitative estimate of drug-likeness (QED) is 0.819. The molecule has 6 nitrogen and oxygen atoms in total. The van der Waals surface area contributed by atoms with Gasteiger partial charge in [-0.3, -0.25) is 0 Å². The number of aromatic nitrogens is 2. The van der Waals surface area contributed by atoms with Crippen LogP contribution in [-0.2, 0) is 20.9 Å². The Morgan fingerprint density at radius 2 is 1.69 bits per heavy atom. The Morgan fingerprint density at radius 3 is 2.15 bits per heavy atom. The Hall–Kier alpha value is -1.73. The van der Waals surface area contributed by atoms with Gasteiger partial charge in [-0.2, -0.15) is 9.29 Å². The van der Waals surface area contributed by atoms with E-state index in [1.54, 1.807) is 23.4 Å². The second-order valence-electron chi connectivity index (χ2n) is 8.38. The highest BCUT2D eigenvalue weighted by Gasteiger charge is 2.39. The van der Waals surface area contributed by atoms with Crippen LogP contribution in [0.15, 0.2) is 33.7 Å². The topological polar surface area (TPSA) is 76.3 Å². The number of rotatable bonds is 3. The van der Waals surface area contributed by atoms with Crippen LogP contribution in [-0.4, -0.2) is 36.0 Å². The molecular formula is C19H27N3O3S. The average molecular weight is 378 g/mol. The third kappa shape index (κ3) is 3.55. The van der Waals surface area contributed by atoms with Crippen LogP contribution in [0.5, 0.6) is 0 Å². The van der Waals surface area contributed by atoms with E-state index in [2.05, 4.69) is 37.8 Å². The summed E-state index contributed by atoms with van der Waals surface area (Å²) in [6, 6.07) is 7.24. The first kappa shape index (κ1) is 19.0. The molecule has 0 atom stereocenters. The number of nitrogens with zero attached hydrogens (tertiary/aromatic N) is 3. The van der Waals surface area contributed by atoms with Crippen molar-refractivity contribution in [3.8, 4) is 0 Å². The number of sulfonamides is 1. The van der Waals surface area contributed by atoms with E-state index in [9.17, 15) is 8.42 Å². The molecule has 1 aliphatic heterocycles. The minimum atomic E-state index is -3.48. The molecule has 1 saturated heterocycles. The largest absolute Gasteiger partial charge is 0.340 e. The van der Waals surface area contributed by atoms with Gasteiger partial charge in [-0.25, -0.2) is 8.42 Å². The monoisotopic (exact) mass is 377 g/mol. The van der Waals surface area contributed by atoms with Gasteiger partial charge in [0, 0.05) is 25.4 Å². The molecule has 2 heterocycles. The Balaban J connectivity index is 1.76. The maximum atomic E-state index is 13.0. The van der Waals surface area contributed by atoms with Gasteiger partial charge in [-0.1, -0.05) is 45.0 Å². The van der Waals surface area contributed by atoms with E-state index in [1.165, 1.54) is 0 Å². The third-order valence-electron chi connectivity index (χ3n) is 5.25. The summed E-state index contributed by atoms with van der Waals surface area (Å²) in [5.41, 5.74) is 0.868. The molecule has 0 bridgehead atoms. The van der Waals surface area contributed by atoms with Crippen LogP contribution in [0.4, 0.5) is 0 Å². The molecule has 0 radical (unpaired) electrons. The van der Waals surface area contributed by atoms with Crippen LogP contribution >= 0.6 is 0 Å². The van der Waals surface area contributed by atoms with Gasteiger partial charge < -0.3 is 4.52 Å². The highest BCUT2D eigenvalue weighted by atomic mass is 32.2. The zero-order chi connectivity index (χ0) is 19.2. The smallest absolute Gasteiger partial charge is 0.243 e. The molecule has 0 aliphatic carbocycles. The van der Waals surface area contributed by atoms with Gasteiger partial charge in [-0.05, 0) is 36.0 Å². The van der Waals surface area contributed by atoms with E-state index in [0.29, 0.717) is 42.5 Å². The Bertz CT molecular complexity index is 871. The molecule has 0 spiro atoms. The Morgan fingerprint density at radius 1 is 1.12 bits per heavy atom. The van der Waals surface area contributed by atoms with Crippen LogP contribution in [0.2, 0.25) is 0 Å². The Labute approximate surface area is 155 Å². The summed E-state index contributed by atoms with van der Waals surface area (Å²) in [6.45, 7) is 11.1. The van der Waals surface area contributed by atoms with Crippen molar-refractivity contribution in [2.75, 3.05) is 13.1 Å². The second kappa shape index (κ2) is 6.46. The molecule has 3 rings (SSSR count). The lowest BCUT2D eigenvalue weighted by Crippen LogP contribution is -2.44. The molecule has 0 N–H and O–H groups in total. The first-order valence-corrected chi connectivity index (χ1v) is 10.4. The van der Waals surface area contributed by atoms with Crippen LogP contribution in [0.3, 0.4) is 0 Å². The molecule has 2 aromatic rings. The predicted molar refractivity (Wildman–Crippen MR) is 99.5 cm³/mol. The zero-order valence-electron chi connectivity index (χ0n) is 16.1. The normalized spacial score (nSPS) is 18.8. The Kier molecular flexibility index (Phi) is 4.73. The fourth-order valence-corrected chi connectivity index (χ4v) is 4.71. The number of aryl methyl sites for hydroxylation is 1. The van der Waals surface area contributed by atoms with E-state index in [4.69, 9.17) is 4.52 Å². The fourth-order valence-electron chi connectivity index (χ4n) is 3.26. The SMILES string of the molecule is Cc1nc(C2(C)CCN(S(=O)(=O)c3ccc(C(C)(C)C)cc3)CC2)no1. The molecule has 1 aliphatic rings. The van der Waals surface area contributed by atoms with Gasteiger partial charge in [0.2, 0.25) is 15.9 Å². The van der Waals surface area contributed by atoms with Gasteiger partial charge >= 0.3 is 0 Å². The highest BCUT2D eigenvalue weighted by molar-refractivity contribution is 7.89.